The molecule has 0 aliphatic rings. The van der Waals surface area contributed by atoms with E-state index in [2.05, 4.69) is 0 Å². The topological polar surface area (TPSA) is 58.9 Å². The molecule has 0 aromatic heterocycles. The lowest BCUT2D eigenvalue weighted by Crippen LogP contribution is -1.95. The first-order valence-corrected chi connectivity index (χ1v) is 4.80. The van der Waals surface area contributed by atoms with Gasteiger partial charge in [0.1, 0.15) is 0 Å². The van der Waals surface area contributed by atoms with E-state index in [0.717, 1.165) is 6.42 Å². The summed E-state index contributed by atoms with van der Waals surface area (Å²) in [5, 5.41) is 8.36. The Morgan fingerprint density at radius 2 is 1.91 bits per heavy atom. The van der Waals surface area contributed by atoms with Gasteiger partial charge in [-0.3, -0.25) is 0 Å². The Labute approximate surface area is 68.1 Å². The number of aliphatic hydroxyl groups is 1. The number of aliphatic hydroxyl groups excluding tert-OH is 1. The molecule has 5 heteroatoms. The van der Waals surface area contributed by atoms with Gasteiger partial charge in [-0.1, -0.05) is 6.92 Å². The smallest absolute Gasteiger partial charge is 0.329 e. The van der Waals surface area contributed by atoms with Crippen molar-refractivity contribution in [1.29, 1.82) is 0 Å². The fourth-order valence-corrected chi connectivity index (χ4v) is 1.11. The minimum Gasteiger partial charge on any atom is -0.396 e. The molecule has 11 heavy (non-hydrogen) atoms. The molecule has 0 radical (unpaired) electrons. The molecular weight excluding hydrogens is 167 g/mol. The Bertz CT molecular complexity index is 81.0. The van der Waals surface area contributed by atoms with E-state index in [1.54, 1.807) is 0 Å². The Morgan fingerprint density at radius 3 is 2.45 bits per heavy atom. The van der Waals surface area contributed by atoms with Crippen LogP contribution in [-0.2, 0) is 9.05 Å². The maximum Gasteiger partial charge on any atom is 0.329 e. The zero-order chi connectivity index (χ0) is 8.53. The van der Waals surface area contributed by atoms with E-state index in [1.165, 1.54) is 0 Å². The molecule has 0 saturated carbocycles. The van der Waals surface area contributed by atoms with Gasteiger partial charge in [-0.2, -0.15) is 0 Å². The molecule has 1 atom stereocenters. The third kappa shape index (κ3) is 8.17. The van der Waals surface area contributed by atoms with Gasteiger partial charge >= 0.3 is 8.60 Å². The van der Waals surface area contributed by atoms with Gasteiger partial charge in [0.15, 0.2) is 0 Å². The summed E-state index contributed by atoms with van der Waals surface area (Å²) in [6.45, 7) is 2.90. The molecule has 0 aliphatic carbocycles. The largest absolute Gasteiger partial charge is 0.396 e. The summed E-state index contributed by atoms with van der Waals surface area (Å²) in [5.41, 5.74) is 0. The van der Waals surface area contributed by atoms with Crippen LogP contribution in [0, 0.1) is 0 Å². The molecular formula is C6H15O4P. The summed E-state index contributed by atoms with van der Waals surface area (Å²) in [5.74, 6) is 0. The van der Waals surface area contributed by atoms with Gasteiger partial charge in [-0.05, 0) is 12.8 Å². The fourth-order valence-electron chi connectivity index (χ4n) is 0.414. The minimum absolute atomic E-state index is 0.0803. The quantitative estimate of drug-likeness (QED) is 0.456. The van der Waals surface area contributed by atoms with Crippen molar-refractivity contribution in [3.63, 3.8) is 0 Å². The molecule has 0 heterocycles. The van der Waals surface area contributed by atoms with Crippen molar-refractivity contribution in [2.24, 2.45) is 0 Å². The summed E-state index contributed by atoms with van der Waals surface area (Å²) >= 11 is 0. The standard InChI is InChI=1S/C6H15O4P/c1-2-5-9-11(8)10-6-3-4-7/h7-8H,2-6H2,1H3. The second-order valence-electron chi connectivity index (χ2n) is 1.98. The van der Waals surface area contributed by atoms with Crippen LogP contribution in [0.15, 0.2) is 0 Å². The van der Waals surface area contributed by atoms with Gasteiger partial charge in [0, 0.05) is 6.61 Å². The SMILES string of the molecule is CCCOP(O)OCCCO. The van der Waals surface area contributed by atoms with Crippen LogP contribution in [0.3, 0.4) is 0 Å². The average molecular weight is 182 g/mol. The van der Waals surface area contributed by atoms with Gasteiger partial charge in [0.05, 0.1) is 13.2 Å². The van der Waals surface area contributed by atoms with Crippen LogP contribution in [-0.4, -0.2) is 29.8 Å². The highest BCUT2D eigenvalue weighted by Gasteiger charge is 2.03. The van der Waals surface area contributed by atoms with Crippen LogP contribution in [0.1, 0.15) is 19.8 Å². The van der Waals surface area contributed by atoms with Crippen molar-refractivity contribution in [3.8, 4) is 0 Å². The normalized spacial score (nSPS) is 13.4. The molecule has 0 rings (SSSR count). The molecule has 2 N–H and O–H groups in total. The highest BCUT2D eigenvalue weighted by molar-refractivity contribution is 7.40. The Morgan fingerprint density at radius 1 is 1.27 bits per heavy atom. The summed E-state index contributed by atoms with van der Waals surface area (Å²) in [7, 11) is -1.71. The summed E-state index contributed by atoms with van der Waals surface area (Å²) < 4.78 is 9.68. The van der Waals surface area contributed by atoms with Crippen LogP contribution < -0.4 is 0 Å². The third-order valence-electron chi connectivity index (χ3n) is 0.910. The number of rotatable bonds is 7. The summed E-state index contributed by atoms with van der Waals surface area (Å²) in [6, 6.07) is 0. The first-order valence-electron chi connectivity index (χ1n) is 3.67. The first-order chi connectivity index (χ1) is 5.31. The van der Waals surface area contributed by atoms with Crippen molar-refractivity contribution in [2.45, 2.75) is 19.8 Å². The third-order valence-corrected chi connectivity index (χ3v) is 1.72. The first kappa shape index (κ1) is 11.3. The highest BCUT2D eigenvalue weighted by atomic mass is 31.2. The lowest BCUT2D eigenvalue weighted by Gasteiger charge is -2.08. The van der Waals surface area contributed by atoms with E-state index in [4.69, 9.17) is 19.0 Å². The maximum atomic E-state index is 8.95. The number of hydrogen-bond donors (Lipinski definition) is 2. The second kappa shape index (κ2) is 8.37. The van der Waals surface area contributed by atoms with Crippen LogP contribution >= 0.6 is 8.60 Å². The Kier molecular flexibility index (Phi) is 8.57. The Balaban J connectivity index is 3.02. The zero-order valence-corrected chi connectivity index (χ0v) is 7.59. The molecule has 0 bridgehead atoms. The molecule has 0 aliphatic heterocycles. The van der Waals surface area contributed by atoms with Crippen LogP contribution in [0.25, 0.3) is 0 Å². The van der Waals surface area contributed by atoms with Gasteiger partial charge in [0.25, 0.3) is 0 Å². The summed E-state index contributed by atoms with van der Waals surface area (Å²) in [6.07, 6.45) is 1.40. The van der Waals surface area contributed by atoms with E-state index in [9.17, 15) is 0 Å². The fraction of sp³-hybridized carbons (Fsp3) is 1.00. The van der Waals surface area contributed by atoms with Crippen molar-refractivity contribution in [3.05, 3.63) is 0 Å². The van der Waals surface area contributed by atoms with Gasteiger partial charge in [-0.15, -0.1) is 0 Å². The molecule has 0 saturated heterocycles. The maximum absolute atomic E-state index is 8.95. The van der Waals surface area contributed by atoms with Gasteiger partial charge in [0.2, 0.25) is 0 Å². The lowest BCUT2D eigenvalue weighted by molar-refractivity contribution is 0.181. The predicted molar refractivity (Wildman–Crippen MR) is 43.0 cm³/mol. The van der Waals surface area contributed by atoms with Crippen molar-refractivity contribution >= 4 is 8.60 Å². The molecule has 0 aromatic rings. The van der Waals surface area contributed by atoms with Crippen LogP contribution in [0.5, 0.6) is 0 Å². The Hall–Kier alpha value is 0.270. The molecule has 0 amide bonds. The molecule has 1 unspecified atom stereocenters. The van der Waals surface area contributed by atoms with E-state index in [0.29, 0.717) is 19.6 Å². The second-order valence-corrected chi connectivity index (χ2v) is 2.97. The van der Waals surface area contributed by atoms with Crippen molar-refractivity contribution < 1.29 is 19.0 Å². The van der Waals surface area contributed by atoms with E-state index >= 15 is 0 Å². The predicted octanol–water partition coefficient (Wildman–Crippen LogP) is 1.03. The monoisotopic (exact) mass is 182 g/mol. The van der Waals surface area contributed by atoms with Crippen LogP contribution in [0.4, 0.5) is 0 Å². The van der Waals surface area contributed by atoms with E-state index in [1.807, 2.05) is 6.92 Å². The zero-order valence-electron chi connectivity index (χ0n) is 6.69. The molecule has 0 aromatic carbocycles. The van der Waals surface area contributed by atoms with Crippen molar-refractivity contribution in [1.82, 2.24) is 0 Å². The van der Waals surface area contributed by atoms with Crippen molar-refractivity contribution in [2.75, 3.05) is 19.8 Å². The molecule has 0 fully saturated rings. The van der Waals surface area contributed by atoms with Gasteiger partial charge in [-0.25, -0.2) is 0 Å². The lowest BCUT2D eigenvalue weighted by atomic mass is 10.5. The van der Waals surface area contributed by atoms with Crippen LogP contribution in [0.2, 0.25) is 0 Å². The minimum atomic E-state index is -1.71. The van der Waals surface area contributed by atoms with E-state index < -0.39 is 8.60 Å². The molecule has 4 nitrogen and oxygen atoms in total. The number of hydrogen-bond acceptors (Lipinski definition) is 4. The average Bonchev–Trinajstić information content (AvgIpc) is 2.01. The molecule has 0 spiro atoms. The summed E-state index contributed by atoms with van der Waals surface area (Å²) in [4.78, 5) is 8.95. The highest BCUT2D eigenvalue weighted by Crippen LogP contribution is 2.32. The molecule has 68 valence electrons. The van der Waals surface area contributed by atoms with E-state index in [-0.39, 0.29) is 6.61 Å². The van der Waals surface area contributed by atoms with Gasteiger partial charge < -0.3 is 19.0 Å².